The standard InChI is InChI=1S/C29H23F2N5O/c1-32-17-19-5-2-3-6-25(19)36-29(37)22-16-20(26-23(30)11-12-24(31)27(26)28(22)34-36)15-18-7-9-21(10-8-18)35-14-4-13-33-35/h2-14,16,20,32H,15,17H2,1H3. The highest BCUT2D eigenvalue weighted by Crippen LogP contribution is 2.40. The first-order chi connectivity index (χ1) is 18.0. The first-order valence-corrected chi connectivity index (χ1v) is 12.0. The number of nitrogens with zero attached hydrogens (tertiary/aromatic N) is 4. The van der Waals surface area contributed by atoms with Gasteiger partial charge in [0.2, 0.25) is 0 Å². The van der Waals surface area contributed by atoms with E-state index in [4.69, 9.17) is 0 Å². The van der Waals surface area contributed by atoms with Crippen molar-refractivity contribution in [2.45, 2.75) is 18.9 Å². The monoisotopic (exact) mass is 495 g/mol. The van der Waals surface area contributed by atoms with Gasteiger partial charge in [-0.05, 0) is 61.0 Å². The van der Waals surface area contributed by atoms with Gasteiger partial charge in [0, 0.05) is 36.0 Å². The SMILES string of the molecule is CNCc1ccccc1N1N=C2C(=CC(Cc3ccc(-n4cccn4)cc3)c3c(F)ccc(F)c32)C1=O. The summed E-state index contributed by atoms with van der Waals surface area (Å²) in [5.74, 6) is -2.01. The van der Waals surface area contributed by atoms with Crippen molar-refractivity contribution in [1.29, 1.82) is 0 Å². The van der Waals surface area contributed by atoms with E-state index in [1.807, 2.05) is 61.8 Å². The lowest BCUT2D eigenvalue weighted by molar-refractivity contribution is -0.114. The summed E-state index contributed by atoms with van der Waals surface area (Å²) in [6.45, 7) is 0.528. The van der Waals surface area contributed by atoms with E-state index in [2.05, 4.69) is 15.5 Å². The maximum atomic E-state index is 15.2. The van der Waals surface area contributed by atoms with Crippen LogP contribution >= 0.6 is 0 Å². The van der Waals surface area contributed by atoms with E-state index in [9.17, 15) is 4.79 Å². The first kappa shape index (κ1) is 23.0. The number of hydrogen-bond acceptors (Lipinski definition) is 4. The van der Waals surface area contributed by atoms with Gasteiger partial charge in [0.25, 0.3) is 5.91 Å². The second-order valence-electron chi connectivity index (χ2n) is 9.05. The average Bonchev–Trinajstić information content (AvgIpc) is 3.56. The Labute approximate surface area is 212 Å². The molecular formula is C29H23F2N5O. The van der Waals surface area contributed by atoms with E-state index in [1.54, 1.807) is 23.0 Å². The summed E-state index contributed by atoms with van der Waals surface area (Å²) < 4.78 is 32.2. The summed E-state index contributed by atoms with van der Waals surface area (Å²) in [6.07, 6.45) is 5.68. The van der Waals surface area contributed by atoms with E-state index in [-0.39, 0.29) is 28.3 Å². The van der Waals surface area contributed by atoms with Crippen LogP contribution in [-0.2, 0) is 17.8 Å². The van der Waals surface area contributed by atoms with Gasteiger partial charge in [0.15, 0.2) is 0 Å². The van der Waals surface area contributed by atoms with Crippen LogP contribution in [0.15, 0.2) is 95.9 Å². The molecule has 1 aromatic heterocycles. The molecule has 1 atom stereocenters. The molecular weight excluding hydrogens is 472 g/mol. The fourth-order valence-corrected chi connectivity index (χ4v) is 5.05. The fraction of sp³-hybridized carbons (Fsp3) is 0.138. The lowest BCUT2D eigenvalue weighted by Gasteiger charge is -2.24. The van der Waals surface area contributed by atoms with Crippen molar-refractivity contribution in [3.05, 3.63) is 125 Å². The molecule has 184 valence electrons. The van der Waals surface area contributed by atoms with Crippen LogP contribution in [0.4, 0.5) is 14.5 Å². The van der Waals surface area contributed by atoms with Crippen LogP contribution in [0.1, 0.15) is 28.2 Å². The molecule has 0 spiro atoms. The molecule has 6 rings (SSSR count). The Morgan fingerprint density at radius 3 is 2.51 bits per heavy atom. The second kappa shape index (κ2) is 9.22. The quantitative estimate of drug-likeness (QED) is 0.415. The molecule has 0 saturated carbocycles. The van der Waals surface area contributed by atoms with Crippen LogP contribution in [-0.4, -0.2) is 28.4 Å². The Hall–Kier alpha value is -4.43. The Morgan fingerprint density at radius 2 is 1.76 bits per heavy atom. The molecule has 1 N–H and O–H groups in total. The number of rotatable bonds is 6. The first-order valence-electron chi connectivity index (χ1n) is 12.0. The van der Waals surface area contributed by atoms with Crippen molar-refractivity contribution in [3.63, 3.8) is 0 Å². The number of nitrogens with one attached hydrogen (secondary N) is 1. The maximum absolute atomic E-state index is 15.2. The van der Waals surface area contributed by atoms with Gasteiger partial charge >= 0.3 is 0 Å². The number of hydrazone groups is 1. The lowest BCUT2D eigenvalue weighted by Crippen LogP contribution is -2.26. The molecule has 8 heteroatoms. The number of carbonyl (C=O) groups excluding carboxylic acids is 1. The molecule has 2 aliphatic rings. The normalized spacial score (nSPS) is 16.4. The van der Waals surface area contributed by atoms with Crippen LogP contribution in [0.3, 0.4) is 0 Å². The summed E-state index contributed by atoms with van der Waals surface area (Å²) in [4.78, 5) is 13.6. The molecule has 0 saturated heterocycles. The number of aromatic nitrogens is 2. The van der Waals surface area contributed by atoms with Gasteiger partial charge in [-0.25, -0.2) is 13.5 Å². The summed E-state index contributed by atoms with van der Waals surface area (Å²) in [6, 6.07) is 19.2. The molecule has 2 heterocycles. The average molecular weight is 496 g/mol. The van der Waals surface area contributed by atoms with Crippen molar-refractivity contribution >= 4 is 17.3 Å². The van der Waals surface area contributed by atoms with E-state index < -0.39 is 17.6 Å². The van der Waals surface area contributed by atoms with Crippen molar-refractivity contribution in [3.8, 4) is 5.69 Å². The summed E-state index contributed by atoms with van der Waals surface area (Å²) in [7, 11) is 1.82. The van der Waals surface area contributed by atoms with E-state index in [1.165, 1.54) is 5.01 Å². The van der Waals surface area contributed by atoms with Gasteiger partial charge in [0.05, 0.1) is 16.9 Å². The van der Waals surface area contributed by atoms with Gasteiger partial charge in [-0.15, -0.1) is 0 Å². The molecule has 0 fully saturated rings. The third-order valence-corrected chi connectivity index (χ3v) is 6.74. The number of fused-ring (bicyclic) bond motifs is 3. The highest BCUT2D eigenvalue weighted by atomic mass is 19.1. The number of anilines is 1. The fourth-order valence-electron chi connectivity index (χ4n) is 5.05. The van der Waals surface area contributed by atoms with E-state index >= 15 is 8.78 Å². The Morgan fingerprint density at radius 1 is 0.973 bits per heavy atom. The van der Waals surface area contributed by atoms with Crippen molar-refractivity contribution in [2.24, 2.45) is 5.10 Å². The molecule has 3 aromatic carbocycles. The molecule has 4 aromatic rings. The van der Waals surface area contributed by atoms with Crippen LogP contribution in [0.25, 0.3) is 5.69 Å². The maximum Gasteiger partial charge on any atom is 0.280 e. The van der Waals surface area contributed by atoms with Gasteiger partial charge in [-0.1, -0.05) is 36.4 Å². The smallest absolute Gasteiger partial charge is 0.280 e. The molecule has 37 heavy (non-hydrogen) atoms. The molecule has 1 aliphatic heterocycles. The Balaban J connectivity index is 1.41. The number of benzene rings is 3. The highest BCUT2D eigenvalue weighted by Gasteiger charge is 2.40. The van der Waals surface area contributed by atoms with Gasteiger partial charge in [0.1, 0.15) is 17.3 Å². The van der Waals surface area contributed by atoms with E-state index in [0.717, 1.165) is 28.9 Å². The summed E-state index contributed by atoms with van der Waals surface area (Å²) in [5, 5.41) is 13.1. The van der Waals surface area contributed by atoms with Crippen LogP contribution in [0.2, 0.25) is 0 Å². The Kier molecular flexibility index (Phi) is 5.73. The number of carbonyl (C=O) groups is 1. The minimum absolute atomic E-state index is 0.0533. The number of allylic oxidation sites excluding steroid dienone is 1. The second-order valence-corrected chi connectivity index (χ2v) is 9.05. The van der Waals surface area contributed by atoms with Gasteiger partial charge < -0.3 is 5.32 Å². The zero-order valence-corrected chi connectivity index (χ0v) is 20.0. The number of hydrogen-bond donors (Lipinski definition) is 1. The van der Waals surface area contributed by atoms with Gasteiger partial charge in [-0.3, -0.25) is 4.79 Å². The highest BCUT2D eigenvalue weighted by molar-refractivity contribution is 6.36. The molecule has 6 nitrogen and oxygen atoms in total. The topological polar surface area (TPSA) is 62.5 Å². The zero-order valence-electron chi connectivity index (χ0n) is 20.0. The lowest BCUT2D eigenvalue weighted by atomic mass is 9.79. The van der Waals surface area contributed by atoms with Crippen LogP contribution < -0.4 is 10.3 Å². The summed E-state index contributed by atoms with van der Waals surface area (Å²) in [5.41, 5.74) is 4.02. The van der Waals surface area contributed by atoms with Crippen molar-refractivity contribution in [1.82, 2.24) is 15.1 Å². The van der Waals surface area contributed by atoms with Gasteiger partial charge in [-0.2, -0.15) is 15.2 Å². The minimum atomic E-state index is -0.599. The van der Waals surface area contributed by atoms with Crippen molar-refractivity contribution < 1.29 is 13.6 Å². The molecule has 0 radical (unpaired) electrons. The van der Waals surface area contributed by atoms with E-state index in [0.29, 0.717) is 18.7 Å². The summed E-state index contributed by atoms with van der Waals surface area (Å²) >= 11 is 0. The van der Waals surface area contributed by atoms with Crippen LogP contribution in [0, 0.1) is 11.6 Å². The Bertz CT molecular complexity index is 1560. The zero-order chi connectivity index (χ0) is 25.5. The third kappa shape index (κ3) is 3.95. The van der Waals surface area contributed by atoms with Crippen molar-refractivity contribution in [2.75, 3.05) is 12.1 Å². The molecule has 1 unspecified atom stereocenters. The predicted octanol–water partition coefficient (Wildman–Crippen LogP) is 4.89. The largest absolute Gasteiger partial charge is 0.316 e. The molecule has 0 bridgehead atoms. The molecule has 1 aliphatic carbocycles. The van der Waals surface area contributed by atoms with Crippen LogP contribution in [0.5, 0.6) is 0 Å². The number of para-hydroxylation sites is 1. The third-order valence-electron chi connectivity index (χ3n) is 6.74. The minimum Gasteiger partial charge on any atom is -0.316 e. The number of amides is 1. The molecule has 1 amide bonds. The predicted molar refractivity (Wildman–Crippen MR) is 138 cm³/mol. The number of halogens is 2.